The summed E-state index contributed by atoms with van der Waals surface area (Å²) in [4.78, 5) is 12.7. The molecule has 0 bridgehead atoms. The number of amides is 1. The topological polar surface area (TPSA) is 92.5 Å². The van der Waals surface area contributed by atoms with E-state index in [1.165, 1.54) is 15.6 Å². The molecule has 1 saturated heterocycles. The molecule has 0 aromatic carbocycles. The number of hydrogen-bond donors (Lipinski definition) is 2. The molecule has 0 spiro atoms. The molecule has 2 heterocycles. The van der Waals surface area contributed by atoms with Gasteiger partial charge in [0.25, 0.3) is 10.0 Å². The van der Waals surface area contributed by atoms with E-state index in [9.17, 15) is 13.2 Å². The molecule has 3 N–H and O–H groups in total. The third-order valence-electron chi connectivity index (χ3n) is 3.76. The predicted molar refractivity (Wildman–Crippen MR) is 99.1 cm³/mol. The molecule has 2 rings (SSSR count). The van der Waals surface area contributed by atoms with Crippen LogP contribution < -0.4 is 11.1 Å². The highest BCUT2D eigenvalue weighted by Gasteiger charge is 2.31. The molecule has 1 atom stereocenters. The number of nitrogens with two attached hydrogens (primary N) is 1. The summed E-state index contributed by atoms with van der Waals surface area (Å²) >= 11 is 1.27. The monoisotopic (exact) mass is 395 g/mol. The fourth-order valence-electron chi connectivity index (χ4n) is 2.30. The van der Waals surface area contributed by atoms with Crippen molar-refractivity contribution < 1.29 is 13.2 Å². The van der Waals surface area contributed by atoms with E-state index < -0.39 is 15.4 Å². The fraction of sp³-hybridized carbons (Fsp3) is 0.667. The SMILES string of the molecule is CC(C)(C)C(=O)NCCc1ccc(S(=O)(=O)N2CC[C@@H](N)C2)s1.Cl. The van der Waals surface area contributed by atoms with Gasteiger partial charge >= 0.3 is 0 Å². The van der Waals surface area contributed by atoms with Crippen LogP contribution in [0.3, 0.4) is 0 Å². The first-order valence-electron chi connectivity index (χ1n) is 7.73. The fourth-order valence-corrected chi connectivity index (χ4v) is 5.32. The smallest absolute Gasteiger partial charge is 0.252 e. The summed E-state index contributed by atoms with van der Waals surface area (Å²) in [7, 11) is -3.43. The molecule has 1 aromatic heterocycles. The van der Waals surface area contributed by atoms with Crippen LogP contribution in [-0.4, -0.2) is 44.3 Å². The highest BCUT2D eigenvalue weighted by atomic mass is 35.5. The molecule has 1 aliphatic heterocycles. The molecule has 24 heavy (non-hydrogen) atoms. The molecule has 138 valence electrons. The van der Waals surface area contributed by atoms with E-state index >= 15 is 0 Å². The number of carbonyl (C=O) groups excluding carboxylic acids is 1. The molecule has 1 fully saturated rings. The van der Waals surface area contributed by atoms with Crippen molar-refractivity contribution in [3.63, 3.8) is 0 Å². The second kappa shape index (κ2) is 8.14. The third-order valence-corrected chi connectivity index (χ3v) is 7.23. The van der Waals surface area contributed by atoms with Crippen molar-refractivity contribution in [3.8, 4) is 0 Å². The molecule has 1 aromatic rings. The highest BCUT2D eigenvalue weighted by molar-refractivity contribution is 7.91. The Hall–Kier alpha value is -0.670. The number of thiophene rings is 1. The van der Waals surface area contributed by atoms with Crippen LogP contribution in [0, 0.1) is 5.41 Å². The minimum absolute atomic E-state index is 0. The summed E-state index contributed by atoms with van der Waals surface area (Å²) in [5.74, 6) is -0.00652. The van der Waals surface area contributed by atoms with Gasteiger partial charge in [-0.3, -0.25) is 4.79 Å². The molecule has 0 aliphatic carbocycles. The maximum Gasteiger partial charge on any atom is 0.252 e. The molecule has 0 unspecified atom stereocenters. The summed E-state index contributed by atoms with van der Waals surface area (Å²) < 4.78 is 26.8. The summed E-state index contributed by atoms with van der Waals surface area (Å²) in [6.07, 6.45) is 1.33. The largest absolute Gasteiger partial charge is 0.355 e. The molecule has 9 heteroatoms. The summed E-state index contributed by atoms with van der Waals surface area (Å²) in [6.45, 7) is 6.96. The first-order valence-corrected chi connectivity index (χ1v) is 9.99. The van der Waals surface area contributed by atoms with Crippen LogP contribution in [0.1, 0.15) is 32.1 Å². The second-order valence-electron chi connectivity index (χ2n) is 6.89. The number of hydrogen-bond acceptors (Lipinski definition) is 5. The van der Waals surface area contributed by atoms with E-state index in [0.717, 1.165) is 4.88 Å². The van der Waals surface area contributed by atoms with Crippen molar-refractivity contribution >= 4 is 39.7 Å². The van der Waals surface area contributed by atoms with Crippen LogP contribution in [0.5, 0.6) is 0 Å². The normalized spacial score (nSPS) is 19.1. The second-order valence-corrected chi connectivity index (χ2v) is 10.2. The predicted octanol–water partition coefficient (Wildman–Crippen LogP) is 1.60. The molecule has 0 saturated carbocycles. The number of nitrogens with one attached hydrogen (secondary N) is 1. The maximum absolute atomic E-state index is 12.5. The number of nitrogens with zero attached hydrogens (tertiary/aromatic N) is 1. The number of rotatable bonds is 5. The van der Waals surface area contributed by atoms with Crippen molar-refractivity contribution in [2.45, 2.75) is 43.9 Å². The molecule has 6 nitrogen and oxygen atoms in total. The minimum Gasteiger partial charge on any atom is -0.355 e. The lowest BCUT2D eigenvalue weighted by atomic mass is 9.96. The number of sulfonamides is 1. The van der Waals surface area contributed by atoms with Gasteiger partial charge in [0.2, 0.25) is 5.91 Å². The Bertz CT molecular complexity index is 668. The molecule has 1 amide bonds. The van der Waals surface area contributed by atoms with E-state index in [1.807, 2.05) is 26.8 Å². The van der Waals surface area contributed by atoms with Gasteiger partial charge in [0, 0.05) is 36.0 Å². The number of carbonyl (C=O) groups is 1. The van der Waals surface area contributed by atoms with Crippen molar-refractivity contribution in [3.05, 3.63) is 17.0 Å². The lowest BCUT2D eigenvalue weighted by Crippen LogP contribution is -2.35. The summed E-state index contributed by atoms with van der Waals surface area (Å²) in [5, 5.41) is 2.87. The zero-order valence-electron chi connectivity index (χ0n) is 14.2. The maximum atomic E-state index is 12.5. The van der Waals surface area contributed by atoms with Crippen LogP contribution >= 0.6 is 23.7 Å². The Labute approximate surface area is 154 Å². The van der Waals surface area contributed by atoms with Crippen LogP contribution in [0.25, 0.3) is 0 Å². The van der Waals surface area contributed by atoms with E-state index in [2.05, 4.69) is 5.32 Å². The van der Waals surface area contributed by atoms with E-state index in [1.54, 1.807) is 6.07 Å². The summed E-state index contributed by atoms with van der Waals surface area (Å²) in [5.41, 5.74) is 5.37. The van der Waals surface area contributed by atoms with Crippen molar-refractivity contribution in [2.75, 3.05) is 19.6 Å². The van der Waals surface area contributed by atoms with Crippen LogP contribution in [-0.2, 0) is 21.2 Å². The van der Waals surface area contributed by atoms with Crippen molar-refractivity contribution in [1.82, 2.24) is 9.62 Å². The van der Waals surface area contributed by atoms with Gasteiger partial charge in [-0.25, -0.2) is 8.42 Å². The Morgan fingerprint density at radius 3 is 2.62 bits per heavy atom. The summed E-state index contributed by atoms with van der Waals surface area (Å²) in [6, 6.07) is 3.39. The van der Waals surface area contributed by atoms with Gasteiger partial charge in [0.15, 0.2) is 0 Å². The van der Waals surface area contributed by atoms with E-state index in [0.29, 0.717) is 36.7 Å². The van der Waals surface area contributed by atoms with Gasteiger partial charge in [0.1, 0.15) is 4.21 Å². The first kappa shape index (κ1) is 21.4. The van der Waals surface area contributed by atoms with E-state index in [-0.39, 0.29) is 24.4 Å². The molecular weight excluding hydrogens is 370 g/mol. The van der Waals surface area contributed by atoms with Crippen LogP contribution in [0.2, 0.25) is 0 Å². The third kappa shape index (κ3) is 5.16. The quantitative estimate of drug-likeness (QED) is 0.791. The molecule has 0 radical (unpaired) electrons. The van der Waals surface area contributed by atoms with Gasteiger partial charge in [-0.1, -0.05) is 20.8 Å². The lowest BCUT2D eigenvalue weighted by Gasteiger charge is -2.17. The van der Waals surface area contributed by atoms with E-state index in [4.69, 9.17) is 5.73 Å². The average Bonchev–Trinajstić information content (AvgIpc) is 3.07. The molecule has 1 aliphatic rings. The Morgan fingerprint density at radius 1 is 1.42 bits per heavy atom. The van der Waals surface area contributed by atoms with Gasteiger partial charge in [-0.2, -0.15) is 4.31 Å². The Kier molecular flexibility index (Phi) is 7.25. The zero-order chi connectivity index (χ0) is 17.3. The van der Waals surface area contributed by atoms with Gasteiger partial charge in [0.05, 0.1) is 0 Å². The lowest BCUT2D eigenvalue weighted by molar-refractivity contribution is -0.128. The number of halogens is 1. The first-order chi connectivity index (χ1) is 10.6. The Balaban J connectivity index is 0.00000288. The van der Waals surface area contributed by atoms with Gasteiger partial charge in [-0.05, 0) is 25.0 Å². The standard InChI is InChI=1S/C15H25N3O3S2.ClH/c1-15(2,3)14(19)17-8-6-12-4-5-13(22-12)23(20,21)18-9-7-11(16)10-18;/h4-5,11H,6-10,16H2,1-3H3,(H,17,19);1H/t11-;/m1./s1. The van der Waals surface area contributed by atoms with Crippen LogP contribution in [0.4, 0.5) is 0 Å². The van der Waals surface area contributed by atoms with Crippen molar-refractivity contribution in [1.29, 1.82) is 0 Å². The Morgan fingerprint density at radius 2 is 2.08 bits per heavy atom. The van der Waals surface area contributed by atoms with Crippen molar-refractivity contribution in [2.24, 2.45) is 11.1 Å². The van der Waals surface area contributed by atoms with Crippen LogP contribution in [0.15, 0.2) is 16.3 Å². The minimum atomic E-state index is -3.43. The average molecular weight is 396 g/mol. The zero-order valence-corrected chi connectivity index (χ0v) is 16.7. The van der Waals surface area contributed by atoms with Gasteiger partial charge in [-0.15, -0.1) is 23.7 Å². The van der Waals surface area contributed by atoms with Gasteiger partial charge < -0.3 is 11.1 Å². The highest BCUT2D eigenvalue weighted by Crippen LogP contribution is 2.27. The molecular formula is C15H26ClN3O3S2.